The summed E-state index contributed by atoms with van der Waals surface area (Å²) in [6, 6.07) is 0. The Balaban J connectivity index is 2.41. The Morgan fingerprint density at radius 3 is 1.35 bits per heavy atom. The van der Waals surface area contributed by atoms with Crippen molar-refractivity contribution < 1.29 is 23.4 Å². The maximum Gasteiger partial charge on any atom is 0.201 e. The summed E-state index contributed by atoms with van der Waals surface area (Å²) < 4.78 is 26.4. The van der Waals surface area contributed by atoms with E-state index >= 15 is 0 Å². The van der Waals surface area contributed by atoms with E-state index in [9.17, 15) is 5.11 Å². The van der Waals surface area contributed by atoms with Gasteiger partial charge in [0.05, 0.1) is 6.61 Å². The van der Waals surface area contributed by atoms with Gasteiger partial charge in [-0.2, -0.15) is 0 Å². The molecule has 7 heteroatoms. The molecule has 2 aliphatic rings. The second-order valence-electron chi connectivity index (χ2n) is 11.7. The zero-order valence-electron chi connectivity index (χ0n) is 22.1. The van der Waals surface area contributed by atoms with Gasteiger partial charge in [0.2, 0.25) is 16.6 Å². The molecule has 2 aliphatic heterocycles. The van der Waals surface area contributed by atoms with E-state index in [1.807, 2.05) is 0 Å². The van der Waals surface area contributed by atoms with E-state index in [4.69, 9.17) is 18.3 Å². The SMILES string of the molecule is CC(C)[Si](O[C@@H]1[C@@H]2OC[C@@H](O2)[C@@H](O[Si](C(C)C)(C(C)C)C(C)C)[C@@H]1O)(C(C)C)C(C)C. The molecule has 0 unspecified atom stereocenters. The number of aliphatic hydroxyl groups is 1. The van der Waals surface area contributed by atoms with Crippen LogP contribution in [-0.4, -0.2) is 59.1 Å². The fraction of sp³-hybridized carbons (Fsp3) is 1.00. The van der Waals surface area contributed by atoms with Crippen LogP contribution in [0.3, 0.4) is 0 Å². The monoisotopic (exact) mass is 474 g/mol. The molecule has 0 radical (unpaired) electrons. The smallest absolute Gasteiger partial charge is 0.201 e. The van der Waals surface area contributed by atoms with Crippen LogP contribution < -0.4 is 0 Å². The van der Waals surface area contributed by atoms with E-state index in [0.29, 0.717) is 39.9 Å². The van der Waals surface area contributed by atoms with Crippen molar-refractivity contribution in [3.05, 3.63) is 0 Å². The maximum atomic E-state index is 11.7. The van der Waals surface area contributed by atoms with Gasteiger partial charge in [0.25, 0.3) is 0 Å². The highest BCUT2D eigenvalue weighted by Gasteiger charge is 2.58. The first-order chi connectivity index (χ1) is 14.2. The third-order valence-corrected chi connectivity index (χ3v) is 20.3. The molecule has 5 atom stereocenters. The molecule has 0 amide bonds. The molecule has 184 valence electrons. The Morgan fingerprint density at radius 2 is 1.00 bits per heavy atom. The first kappa shape index (κ1) is 27.5. The van der Waals surface area contributed by atoms with Crippen molar-refractivity contribution in [2.75, 3.05) is 6.61 Å². The lowest BCUT2D eigenvalue weighted by Crippen LogP contribution is -2.64. The van der Waals surface area contributed by atoms with Crippen molar-refractivity contribution in [1.29, 1.82) is 0 Å². The molecule has 0 saturated carbocycles. The van der Waals surface area contributed by atoms with Crippen LogP contribution in [0, 0.1) is 0 Å². The number of rotatable bonds is 10. The van der Waals surface area contributed by atoms with Crippen LogP contribution in [0.25, 0.3) is 0 Å². The number of hydrogen-bond donors (Lipinski definition) is 1. The second-order valence-corrected chi connectivity index (χ2v) is 22.5. The van der Waals surface area contributed by atoms with Crippen molar-refractivity contribution in [3.63, 3.8) is 0 Å². The summed E-state index contributed by atoms with van der Waals surface area (Å²) in [5, 5.41) is 11.7. The summed E-state index contributed by atoms with van der Waals surface area (Å²) in [7, 11) is -4.40. The first-order valence-corrected chi connectivity index (χ1v) is 16.8. The summed E-state index contributed by atoms with van der Waals surface area (Å²) >= 11 is 0. The minimum Gasteiger partial charge on any atom is -0.408 e. The van der Waals surface area contributed by atoms with Crippen LogP contribution in [0.1, 0.15) is 83.1 Å². The summed E-state index contributed by atoms with van der Waals surface area (Å²) in [5.41, 5.74) is 2.59. The van der Waals surface area contributed by atoms with Gasteiger partial charge >= 0.3 is 0 Å². The molecular formula is C24H50O5Si2. The fourth-order valence-electron chi connectivity index (χ4n) is 6.91. The number of ether oxygens (including phenoxy) is 2. The zero-order chi connectivity index (χ0) is 23.9. The van der Waals surface area contributed by atoms with Crippen molar-refractivity contribution in [2.45, 2.75) is 147 Å². The fourth-order valence-corrected chi connectivity index (χ4v) is 18.0. The lowest BCUT2D eigenvalue weighted by Gasteiger charge is -2.51. The molecule has 2 rings (SSSR count). The van der Waals surface area contributed by atoms with Gasteiger partial charge in [0.1, 0.15) is 24.4 Å². The predicted molar refractivity (Wildman–Crippen MR) is 132 cm³/mol. The molecule has 0 aromatic rings. The molecule has 0 aromatic heterocycles. The third kappa shape index (κ3) is 4.75. The lowest BCUT2D eigenvalue weighted by atomic mass is 10.0. The van der Waals surface area contributed by atoms with Gasteiger partial charge in [0.15, 0.2) is 6.29 Å². The quantitative estimate of drug-likeness (QED) is 0.381. The molecule has 2 heterocycles. The van der Waals surface area contributed by atoms with Crippen LogP contribution in [0.15, 0.2) is 0 Å². The summed E-state index contributed by atoms with van der Waals surface area (Å²) in [6.07, 6.45) is -2.37. The van der Waals surface area contributed by atoms with E-state index in [-0.39, 0.29) is 6.10 Å². The first-order valence-electron chi connectivity index (χ1n) is 12.5. The van der Waals surface area contributed by atoms with Gasteiger partial charge < -0.3 is 23.4 Å². The second kappa shape index (κ2) is 10.2. The molecule has 0 aliphatic carbocycles. The van der Waals surface area contributed by atoms with Crippen LogP contribution in [-0.2, 0) is 18.3 Å². The number of fused-ring (bicyclic) bond motifs is 2. The summed E-state index contributed by atoms with van der Waals surface area (Å²) in [6.45, 7) is 27.7. The minimum atomic E-state index is -2.21. The largest absolute Gasteiger partial charge is 0.408 e. The van der Waals surface area contributed by atoms with Crippen molar-refractivity contribution in [1.82, 2.24) is 0 Å². The average Bonchev–Trinajstić information content (AvgIpc) is 3.06. The lowest BCUT2D eigenvalue weighted by molar-refractivity contribution is -0.221. The molecule has 0 aromatic carbocycles. The van der Waals surface area contributed by atoms with E-state index in [1.54, 1.807) is 0 Å². The molecule has 31 heavy (non-hydrogen) atoms. The Morgan fingerprint density at radius 1 is 0.645 bits per heavy atom. The molecule has 0 spiro atoms. The van der Waals surface area contributed by atoms with Gasteiger partial charge in [-0.1, -0.05) is 83.1 Å². The molecular weight excluding hydrogens is 424 g/mol. The molecule has 2 bridgehead atoms. The zero-order valence-corrected chi connectivity index (χ0v) is 24.1. The topological polar surface area (TPSA) is 57.2 Å². The van der Waals surface area contributed by atoms with Gasteiger partial charge in [-0.25, -0.2) is 0 Å². The van der Waals surface area contributed by atoms with E-state index in [2.05, 4.69) is 83.1 Å². The number of hydrogen-bond acceptors (Lipinski definition) is 5. The molecule has 1 N–H and O–H groups in total. The normalized spacial score (nSPS) is 30.1. The van der Waals surface area contributed by atoms with E-state index in [0.717, 1.165) is 0 Å². The highest BCUT2D eigenvalue weighted by atomic mass is 28.4. The summed E-state index contributed by atoms with van der Waals surface area (Å²) in [5.74, 6) is 0. The Bertz CT molecular complexity index is 487. The molecule has 2 saturated heterocycles. The van der Waals surface area contributed by atoms with Crippen molar-refractivity contribution in [3.8, 4) is 0 Å². The Hall–Kier alpha value is 0.234. The maximum absolute atomic E-state index is 11.7. The van der Waals surface area contributed by atoms with Crippen LogP contribution in [0.4, 0.5) is 0 Å². The van der Waals surface area contributed by atoms with Crippen LogP contribution >= 0.6 is 0 Å². The third-order valence-electron chi connectivity index (χ3n) is 8.14. The van der Waals surface area contributed by atoms with Crippen molar-refractivity contribution in [2.24, 2.45) is 0 Å². The van der Waals surface area contributed by atoms with Gasteiger partial charge in [-0.05, 0) is 33.2 Å². The van der Waals surface area contributed by atoms with Crippen LogP contribution in [0.2, 0.25) is 33.2 Å². The Kier molecular flexibility index (Phi) is 9.08. The Labute approximate surface area is 193 Å². The van der Waals surface area contributed by atoms with Crippen molar-refractivity contribution >= 4 is 16.6 Å². The van der Waals surface area contributed by atoms with E-state index < -0.39 is 41.2 Å². The van der Waals surface area contributed by atoms with Gasteiger partial charge in [0, 0.05) is 0 Å². The van der Waals surface area contributed by atoms with E-state index in [1.165, 1.54) is 0 Å². The van der Waals surface area contributed by atoms with Gasteiger partial charge in [-0.15, -0.1) is 0 Å². The summed E-state index contributed by atoms with van der Waals surface area (Å²) in [4.78, 5) is 0. The average molecular weight is 475 g/mol. The number of aliphatic hydroxyl groups excluding tert-OH is 1. The van der Waals surface area contributed by atoms with Crippen LogP contribution in [0.5, 0.6) is 0 Å². The molecule has 5 nitrogen and oxygen atoms in total. The predicted octanol–water partition coefficient (Wildman–Crippen LogP) is 6.22. The standard InChI is InChI=1S/C24H50O5Si2/c1-14(2)30(15(3)4,16(5)6)28-22-20-13-26-24(27-20)23(21(22)25)29-31(17(7)8,18(9)10)19(11)12/h14-25H,13H2,1-12H3/t20-,21+,22-,23+,24-/m1/s1. The van der Waals surface area contributed by atoms with Gasteiger partial charge in [-0.3, -0.25) is 0 Å². The molecule has 2 fully saturated rings. The highest BCUT2D eigenvalue weighted by Crippen LogP contribution is 2.48. The highest BCUT2D eigenvalue weighted by molar-refractivity contribution is 6.78. The minimum absolute atomic E-state index is 0.226.